The van der Waals surface area contributed by atoms with Crippen molar-refractivity contribution in [3.63, 3.8) is 0 Å². The second-order valence-electron chi connectivity index (χ2n) is 5.68. The van der Waals surface area contributed by atoms with Gasteiger partial charge in [0.1, 0.15) is 5.75 Å². The molecule has 0 spiro atoms. The van der Waals surface area contributed by atoms with Crippen molar-refractivity contribution in [2.75, 3.05) is 33.4 Å². The van der Waals surface area contributed by atoms with Gasteiger partial charge in [-0.1, -0.05) is 19.1 Å². The molecule has 1 N–H and O–H groups in total. The Kier molecular flexibility index (Phi) is 6.49. The van der Waals surface area contributed by atoms with Crippen LogP contribution < -0.4 is 4.74 Å². The minimum atomic E-state index is -0.458. The monoisotopic (exact) mass is 293 g/mol. The van der Waals surface area contributed by atoms with Crippen LogP contribution in [0.3, 0.4) is 0 Å². The number of hydrogen-bond acceptors (Lipinski definition) is 4. The Bertz CT molecular complexity index is 407. The van der Waals surface area contributed by atoms with E-state index in [1.54, 1.807) is 7.11 Å². The first-order chi connectivity index (χ1) is 10.2. The summed E-state index contributed by atoms with van der Waals surface area (Å²) in [5, 5.41) is 10.4. The molecule has 0 saturated carbocycles. The number of rotatable bonds is 7. The Balaban J connectivity index is 1.84. The van der Waals surface area contributed by atoms with Crippen LogP contribution in [0.2, 0.25) is 0 Å². The van der Waals surface area contributed by atoms with E-state index in [9.17, 15) is 5.11 Å². The first kappa shape index (κ1) is 16.3. The van der Waals surface area contributed by atoms with Gasteiger partial charge in [0.2, 0.25) is 0 Å². The molecular weight excluding hydrogens is 266 g/mol. The fraction of sp³-hybridized carbons (Fsp3) is 0.647. The van der Waals surface area contributed by atoms with E-state index >= 15 is 0 Å². The predicted molar refractivity (Wildman–Crippen MR) is 83.7 cm³/mol. The molecule has 4 heteroatoms. The molecule has 2 rings (SSSR count). The number of aliphatic hydroxyl groups is 1. The van der Waals surface area contributed by atoms with E-state index in [4.69, 9.17) is 9.47 Å². The molecule has 2 atom stereocenters. The van der Waals surface area contributed by atoms with Crippen molar-refractivity contribution in [1.29, 1.82) is 0 Å². The van der Waals surface area contributed by atoms with Crippen molar-refractivity contribution in [2.45, 2.75) is 38.4 Å². The number of β-amino-alcohol motifs (C(OH)–C–C–N with tert-alkyl or cyclic N) is 1. The quantitative estimate of drug-likeness (QED) is 0.839. The Labute approximate surface area is 127 Å². The Morgan fingerprint density at radius 3 is 2.76 bits per heavy atom. The molecule has 4 nitrogen and oxygen atoms in total. The normalized spacial score (nSPS) is 21.2. The number of methoxy groups -OCH3 is 1. The largest absolute Gasteiger partial charge is 0.497 e. The second-order valence-corrected chi connectivity index (χ2v) is 5.68. The molecular formula is C17H27NO3. The standard InChI is InChI=1S/C17H27NO3/c1-3-11-21-16-5-4-10-18(12-16)13-17(19)14-6-8-15(20-2)9-7-14/h6-9,16-17,19H,3-5,10-13H2,1-2H3. The van der Waals surface area contributed by atoms with Crippen LogP contribution in [0.1, 0.15) is 37.9 Å². The molecule has 0 aliphatic carbocycles. The molecule has 1 aromatic rings. The summed E-state index contributed by atoms with van der Waals surface area (Å²) in [6.07, 6.45) is 3.20. The summed E-state index contributed by atoms with van der Waals surface area (Å²) in [6.45, 7) is 5.60. The van der Waals surface area contributed by atoms with Crippen molar-refractivity contribution in [1.82, 2.24) is 4.90 Å². The summed E-state index contributed by atoms with van der Waals surface area (Å²) < 4.78 is 11.0. The van der Waals surface area contributed by atoms with Crippen LogP contribution in [-0.4, -0.2) is 49.5 Å². The van der Waals surface area contributed by atoms with E-state index < -0.39 is 6.10 Å². The highest BCUT2D eigenvalue weighted by Crippen LogP contribution is 2.21. The number of likely N-dealkylation sites (tertiary alicyclic amines) is 1. The maximum absolute atomic E-state index is 10.4. The van der Waals surface area contributed by atoms with Crippen molar-refractivity contribution < 1.29 is 14.6 Å². The molecule has 0 radical (unpaired) electrons. The highest BCUT2D eigenvalue weighted by Gasteiger charge is 2.22. The number of piperidine rings is 1. The number of benzene rings is 1. The lowest BCUT2D eigenvalue weighted by atomic mass is 10.0. The van der Waals surface area contributed by atoms with E-state index in [1.165, 1.54) is 0 Å². The lowest BCUT2D eigenvalue weighted by Gasteiger charge is -2.33. The first-order valence-electron chi connectivity index (χ1n) is 7.89. The summed E-state index contributed by atoms with van der Waals surface area (Å²) in [4.78, 5) is 2.30. The lowest BCUT2D eigenvalue weighted by Crippen LogP contribution is -2.41. The van der Waals surface area contributed by atoms with E-state index in [0.717, 1.165) is 50.3 Å². The molecule has 1 saturated heterocycles. The number of aliphatic hydroxyl groups excluding tert-OH is 1. The van der Waals surface area contributed by atoms with E-state index in [2.05, 4.69) is 11.8 Å². The lowest BCUT2D eigenvalue weighted by molar-refractivity contribution is -0.0119. The van der Waals surface area contributed by atoms with Crippen LogP contribution >= 0.6 is 0 Å². The predicted octanol–water partition coefficient (Wildman–Crippen LogP) is 2.62. The minimum absolute atomic E-state index is 0.321. The average molecular weight is 293 g/mol. The van der Waals surface area contributed by atoms with Crippen LogP contribution in [-0.2, 0) is 4.74 Å². The van der Waals surface area contributed by atoms with Gasteiger partial charge in [-0.15, -0.1) is 0 Å². The van der Waals surface area contributed by atoms with Gasteiger partial charge in [0.25, 0.3) is 0 Å². The molecule has 1 aliphatic rings. The van der Waals surface area contributed by atoms with Gasteiger partial charge in [-0.05, 0) is 43.5 Å². The Morgan fingerprint density at radius 2 is 2.10 bits per heavy atom. The van der Waals surface area contributed by atoms with Crippen molar-refractivity contribution in [3.05, 3.63) is 29.8 Å². The van der Waals surface area contributed by atoms with Gasteiger partial charge in [-0.25, -0.2) is 0 Å². The third-order valence-electron chi connectivity index (χ3n) is 3.95. The van der Waals surface area contributed by atoms with Crippen LogP contribution in [0, 0.1) is 0 Å². The second kappa shape index (κ2) is 8.37. The van der Waals surface area contributed by atoms with E-state index in [0.29, 0.717) is 12.6 Å². The highest BCUT2D eigenvalue weighted by atomic mass is 16.5. The number of nitrogens with zero attached hydrogens (tertiary/aromatic N) is 1. The third-order valence-corrected chi connectivity index (χ3v) is 3.95. The molecule has 0 aromatic heterocycles. The topological polar surface area (TPSA) is 41.9 Å². The molecule has 1 heterocycles. The Hall–Kier alpha value is -1.10. The van der Waals surface area contributed by atoms with Gasteiger partial charge in [-0.3, -0.25) is 4.90 Å². The van der Waals surface area contributed by atoms with Crippen molar-refractivity contribution in [2.24, 2.45) is 0 Å². The maximum Gasteiger partial charge on any atom is 0.118 e. The van der Waals surface area contributed by atoms with Gasteiger partial charge in [0, 0.05) is 19.7 Å². The molecule has 2 unspecified atom stereocenters. The van der Waals surface area contributed by atoms with Crippen LogP contribution in [0.25, 0.3) is 0 Å². The average Bonchev–Trinajstić information content (AvgIpc) is 2.53. The number of ether oxygens (including phenoxy) is 2. The zero-order chi connectivity index (χ0) is 15.1. The first-order valence-corrected chi connectivity index (χ1v) is 7.89. The Morgan fingerprint density at radius 1 is 1.33 bits per heavy atom. The maximum atomic E-state index is 10.4. The zero-order valence-electron chi connectivity index (χ0n) is 13.1. The fourth-order valence-corrected chi connectivity index (χ4v) is 2.78. The SMILES string of the molecule is CCCOC1CCCN(CC(O)c2ccc(OC)cc2)C1. The smallest absolute Gasteiger partial charge is 0.118 e. The molecule has 1 aliphatic heterocycles. The van der Waals surface area contributed by atoms with Crippen LogP contribution in [0.5, 0.6) is 5.75 Å². The fourth-order valence-electron chi connectivity index (χ4n) is 2.78. The minimum Gasteiger partial charge on any atom is -0.497 e. The molecule has 1 aromatic carbocycles. The van der Waals surface area contributed by atoms with Gasteiger partial charge in [-0.2, -0.15) is 0 Å². The van der Waals surface area contributed by atoms with Crippen molar-refractivity contribution >= 4 is 0 Å². The molecule has 1 fully saturated rings. The molecule has 0 bridgehead atoms. The van der Waals surface area contributed by atoms with E-state index in [1.807, 2.05) is 24.3 Å². The summed E-state index contributed by atoms with van der Waals surface area (Å²) in [7, 11) is 1.65. The number of hydrogen-bond donors (Lipinski definition) is 1. The highest BCUT2D eigenvalue weighted by molar-refractivity contribution is 5.28. The van der Waals surface area contributed by atoms with Crippen LogP contribution in [0.4, 0.5) is 0 Å². The molecule has 21 heavy (non-hydrogen) atoms. The third kappa shape index (κ3) is 4.99. The molecule has 118 valence electrons. The summed E-state index contributed by atoms with van der Waals surface area (Å²) >= 11 is 0. The van der Waals surface area contributed by atoms with Gasteiger partial charge < -0.3 is 14.6 Å². The van der Waals surface area contributed by atoms with E-state index in [-0.39, 0.29) is 0 Å². The summed E-state index contributed by atoms with van der Waals surface area (Å²) in [5.41, 5.74) is 0.937. The summed E-state index contributed by atoms with van der Waals surface area (Å²) in [6, 6.07) is 7.64. The molecule has 0 amide bonds. The zero-order valence-corrected chi connectivity index (χ0v) is 13.1. The summed E-state index contributed by atoms with van der Waals surface area (Å²) in [5.74, 6) is 0.817. The van der Waals surface area contributed by atoms with Gasteiger partial charge >= 0.3 is 0 Å². The van der Waals surface area contributed by atoms with Gasteiger partial charge in [0.05, 0.1) is 19.3 Å². The van der Waals surface area contributed by atoms with Crippen molar-refractivity contribution in [3.8, 4) is 5.75 Å². The van der Waals surface area contributed by atoms with Gasteiger partial charge in [0.15, 0.2) is 0 Å². The van der Waals surface area contributed by atoms with Crippen LogP contribution in [0.15, 0.2) is 24.3 Å².